The minimum Gasteiger partial charge on any atom is -0.481 e. The van der Waals surface area contributed by atoms with E-state index in [0.29, 0.717) is 46.6 Å². The fourth-order valence-electron chi connectivity index (χ4n) is 4.99. The molecule has 6 nitrogen and oxygen atoms in total. The van der Waals surface area contributed by atoms with Crippen molar-refractivity contribution in [1.82, 2.24) is 15.3 Å². The van der Waals surface area contributed by atoms with Crippen LogP contribution >= 0.6 is 11.6 Å². The van der Waals surface area contributed by atoms with Crippen LogP contribution in [-0.2, 0) is 17.6 Å². The van der Waals surface area contributed by atoms with Crippen molar-refractivity contribution in [2.75, 3.05) is 0 Å². The number of unbranched alkanes of at least 4 members (excludes halogenated alkanes) is 1. The summed E-state index contributed by atoms with van der Waals surface area (Å²) < 4.78 is 13.7. The Bertz CT molecular complexity index is 1510. The van der Waals surface area contributed by atoms with Gasteiger partial charge < -0.3 is 10.4 Å². The monoisotopic (exact) mass is 531 g/mol. The molecule has 0 fully saturated rings. The lowest BCUT2D eigenvalue weighted by Crippen LogP contribution is -2.31. The average molecular weight is 532 g/mol. The number of benzene rings is 3. The Labute approximate surface area is 224 Å². The summed E-state index contributed by atoms with van der Waals surface area (Å²) in [6.45, 7) is 0. The Hall–Kier alpha value is -3.84. The number of aliphatic carboxylic acids is 1. The molecular formula is C30H27ClFN3O3. The molecule has 194 valence electrons. The van der Waals surface area contributed by atoms with Gasteiger partial charge in [0.25, 0.3) is 5.91 Å². The third kappa shape index (κ3) is 5.83. The molecule has 1 heterocycles. The summed E-state index contributed by atoms with van der Waals surface area (Å²) >= 11 is 6.07. The molecule has 0 unspecified atom stereocenters. The summed E-state index contributed by atoms with van der Waals surface area (Å²) in [5.74, 6) is -1.31. The molecule has 0 saturated carbocycles. The third-order valence-electron chi connectivity index (χ3n) is 6.90. The normalized spacial score (nSPS) is 14.7. The molecule has 2 N–H and O–H groups in total. The Balaban J connectivity index is 1.43. The Morgan fingerprint density at radius 3 is 2.61 bits per heavy atom. The molecule has 0 saturated heterocycles. The number of aryl methyl sites for hydroxylation is 2. The first-order valence-corrected chi connectivity index (χ1v) is 13.1. The quantitative estimate of drug-likeness (QED) is 0.247. The summed E-state index contributed by atoms with van der Waals surface area (Å²) in [6, 6.07) is 17.2. The summed E-state index contributed by atoms with van der Waals surface area (Å²) in [6.07, 6.45) is 4.31. The molecule has 1 aliphatic rings. The van der Waals surface area contributed by atoms with Crippen LogP contribution in [0.3, 0.4) is 0 Å². The second-order valence-corrected chi connectivity index (χ2v) is 10.0. The van der Waals surface area contributed by atoms with Crippen molar-refractivity contribution in [2.24, 2.45) is 0 Å². The lowest BCUT2D eigenvalue weighted by molar-refractivity contribution is -0.137. The van der Waals surface area contributed by atoms with Crippen LogP contribution in [0.4, 0.5) is 4.39 Å². The lowest BCUT2D eigenvalue weighted by Gasteiger charge is -2.26. The number of carbonyl (C=O) groups excluding carboxylic acids is 1. The second kappa shape index (κ2) is 11.3. The maximum atomic E-state index is 13.7. The fraction of sp³-hybridized carbons (Fsp3) is 0.267. The van der Waals surface area contributed by atoms with Crippen LogP contribution < -0.4 is 5.32 Å². The molecule has 0 spiro atoms. The van der Waals surface area contributed by atoms with Crippen LogP contribution in [0.1, 0.15) is 65.3 Å². The molecule has 38 heavy (non-hydrogen) atoms. The van der Waals surface area contributed by atoms with E-state index in [-0.39, 0.29) is 24.2 Å². The molecule has 8 heteroatoms. The van der Waals surface area contributed by atoms with Crippen LogP contribution in [0.15, 0.2) is 60.7 Å². The molecule has 1 atom stereocenters. The van der Waals surface area contributed by atoms with Gasteiger partial charge in [-0.25, -0.2) is 14.4 Å². The average Bonchev–Trinajstić information content (AvgIpc) is 2.90. The summed E-state index contributed by atoms with van der Waals surface area (Å²) in [5, 5.41) is 12.7. The number of nitrogens with one attached hydrogen (secondary N) is 1. The number of carboxylic acid groups (broad SMARTS) is 1. The number of halogens is 2. The molecule has 4 aromatic rings. The van der Waals surface area contributed by atoms with E-state index in [1.807, 2.05) is 12.1 Å². The van der Waals surface area contributed by atoms with Gasteiger partial charge in [0.2, 0.25) is 0 Å². The van der Waals surface area contributed by atoms with Gasteiger partial charge in [0.1, 0.15) is 5.82 Å². The molecule has 1 aliphatic carbocycles. The van der Waals surface area contributed by atoms with Crippen molar-refractivity contribution in [3.63, 3.8) is 0 Å². The van der Waals surface area contributed by atoms with Crippen molar-refractivity contribution in [2.45, 2.75) is 51.0 Å². The highest BCUT2D eigenvalue weighted by Crippen LogP contribution is 2.31. The van der Waals surface area contributed by atoms with Crippen molar-refractivity contribution >= 4 is 34.5 Å². The SMILES string of the molecule is O=C(O)CCCCc1nc2cc(C(=O)N[C@@H]3CCCc4cc(F)ccc43)ccc2nc1-c1ccc(Cl)cc1. The standard InChI is InChI=1S/C30H27ClFN3O3/c31-21-11-8-18(9-12-21)29-26(5-1-2-7-28(36)37)33-27-17-20(10-15-25(27)34-29)30(38)35-24-6-3-4-19-16-22(32)13-14-23(19)24/h8-17,24H,1-7H2,(H,35,38)(H,36,37)/t24-/m1/s1. The largest absolute Gasteiger partial charge is 0.481 e. The number of hydrogen-bond acceptors (Lipinski definition) is 4. The van der Waals surface area contributed by atoms with Crippen molar-refractivity contribution in [1.29, 1.82) is 0 Å². The van der Waals surface area contributed by atoms with Gasteiger partial charge in [0.05, 0.1) is 28.5 Å². The van der Waals surface area contributed by atoms with Crippen molar-refractivity contribution in [3.05, 3.63) is 93.9 Å². The van der Waals surface area contributed by atoms with Crippen LogP contribution in [0.5, 0.6) is 0 Å². The van der Waals surface area contributed by atoms with Crippen molar-refractivity contribution < 1.29 is 19.1 Å². The summed E-state index contributed by atoms with van der Waals surface area (Å²) in [4.78, 5) is 33.9. The zero-order valence-electron chi connectivity index (χ0n) is 20.7. The van der Waals surface area contributed by atoms with Gasteiger partial charge in [-0.05, 0) is 92.1 Å². The van der Waals surface area contributed by atoms with E-state index < -0.39 is 5.97 Å². The van der Waals surface area contributed by atoms with E-state index in [1.165, 1.54) is 6.07 Å². The Morgan fingerprint density at radius 1 is 1.00 bits per heavy atom. The number of carboxylic acids is 1. The second-order valence-electron chi connectivity index (χ2n) is 9.59. The number of fused-ring (bicyclic) bond motifs is 2. The Kier molecular flexibility index (Phi) is 7.65. The topological polar surface area (TPSA) is 92.2 Å². The van der Waals surface area contributed by atoms with Crippen LogP contribution in [-0.4, -0.2) is 27.0 Å². The smallest absolute Gasteiger partial charge is 0.303 e. The fourth-order valence-corrected chi connectivity index (χ4v) is 5.11. The number of rotatable bonds is 8. The van der Waals surface area contributed by atoms with E-state index in [2.05, 4.69) is 5.32 Å². The van der Waals surface area contributed by atoms with E-state index in [0.717, 1.165) is 41.6 Å². The van der Waals surface area contributed by atoms with Gasteiger partial charge in [-0.2, -0.15) is 0 Å². The third-order valence-corrected chi connectivity index (χ3v) is 7.15. The zero-order valence-corrected chi connectivity index (χ0v) is 21.5. The first-order valence-electron chi connectivity index (χ1n) is 12.7. The van der Waals surface area contributed by atoms with Crippen LogP contribution in [0.2, 0.25) is 5.02 Å². The first kappa shape index (κ1) is 25.8. The first-order chi connectivity index (χ1) is 18.4. The highest BCUT2D eigenvalue weighted by molar-refractivity contribution is 6.30. The highest BCUT2D eigenvalue weighted by Gasteiger charge is 2.23. The molecule has 3 aromatic carbocycles. The number of nitrogens with zero attached hydrogens (tertiary/aromatic N) is 2. The number of carbonyl (C=O) groups is 2. The molecule has 0 radical (unpaired) electrons. The van der Waals surface area contributed by atoms with Gasteiger partial charge in [-0.15, -0.1) is 0 Å². The van der Waals surface area contributed by atoms with E-state index in [9.17, 15) is 14.0 Å². The van der Waals surface area contributed by atoms with Crippen molar-refractivity contribution in [3.8, 4) is 11.3 Å². The number of aromatic nitrogens is 2. The molecule has 1 aromatic heterocycles. The van der Waals surface area contributed by atoms with Gasteiger partial charge in [-0.3, -0.25) is 9.59 Å². The van der Waals surface area contributed by atoms with Gasteiger partial charge in [0, 0.05) is 22.6 Å². The van der Waals surface area contributed by atoms with E-state index in [4.69, 9.17) is 26.7 Å². The highest BCUT2D eigenvalue weighted by atomic mass is 35.5. The lowest BCUT2D eigenvalue weighted by atomic mass is 9.87. The molecule has 0 aliphatic heterocycles. The van der Waals surface area contributed by atoms with E-state index >= 15 is 0 Å². The van der Waals surface area contributed by atoms with Gasteiger partial charge in [-0.1, -0.05) is 29.8 Å². The Morgan fingerprint density at radius 2 is 1.82 bits per heavy atom. The predicted octanol–water partition coefficient (Wildman–Crippen LogP) is 6.69. The van der Waals surface area contributed by atoms with Gasteiger partial charge in [0.15, 0.2) is 0 Å². The molecule has 1 amide bonds. The molecule has 0 bridgehead atoms. The van der Waals surface area contributed by atoms with E-state index in [1.54, 1.807) is 42.5 Å². The predicted molar refractivity (Wildman–Crippen MR) is 145 cm³/mol. The minimum absolute atomic E-state index is 0.0958. The molecular weight excluding hydrogens is 505 g/mol. The van der Waals surface area contributed by atoms with Crippen LogP contribution in [0.25, 0.3) is 22.3 Å². The number of hydrogen-bond donors (Lipinski definition) is 2. The maximum absolute atomic E-state index is 13.7. The maximum Gasteiger partial charge on any atom is 0.303 e. The summed E-state index contributed by atoms with van der Waals surface area (Å²) in [7, 11) is 0. The summed E-state index contributed by atoms with van der Waals surface area (Å²) in [5.41, 5.74) is 5.94. The van der Waals surface area contributed by atoms with Crippen LogP contribution in [0, 0.1) is 5.82 Å². The molecule has 5 rings (SSSR count). The van der Waals surface area contributed by atoms with Gasteiger partial charge >= 0.3 is 5.97 Å². The minimum atomic E-state index is -0.825. The number of amides is 1. The zero-order chi connectivity index (χ0) is 26.6.